The maximum atomic E-state index is 12.6. The third kappa shape index (κ3) is 5.54. The Kier molecular flexibility index (Phi) is 7.03. The van der Waals surface area contributed by atoms with Crippen LogP contribution >= 0.6 is 23.1 Å². The van der Waals surface area contributed by atoms with Crippen molar-refractivity contribution in [3.63, 3.8) is 0 Å². The first-order valence-electron chi connectivity index (χ1n) is 10.4. The van der Waals surface area contributed by atoms with Gasteiger partial charge in [0.1, 0.15) is 5.82 Å². The van der Waals surface area contributed by atoms with Crippen molar-refractivity contribution in [3.05, 3.63) is 58.5 Å². The molecule has 3 aromatic rings. The summed E-state index contributed by atoms with van der Waals surface area (Å²) in [5, 5.41) is 16.3. The highest BCUT2D eigenvalue weighted by Crippen LogP contribution is 2.27. The van der Waals surface area contributed by atoms with E-state index in [-0.39, 0.29) is 11.9 Å². The van der Waals surface area contributed by atoms with E-state index in [4.69, 9.17) is 0 Å². The predicted molar refractivity (Wildman–Crippen MR) is 123 cm³/mol. The predicted octanol–water partition coefficient (Wildman–Crippen LogP) is 4.17. The first-order valence-corrected chi connectivity index (χ1v) is 12.2. The molecule has 1 atom stereocenters. The van der Waals surface area contributed by atoms with Crippen molar-refractivity contribution in [2.24, 2.45) is 0 Å². The minimum Gasteiger partial charge on any atom is -0.335 e. The van der Waals surface area contributed by atoms with Gasteiger partial charge in [-0.3, -0.25) is 14.7 Å². The molecule has 31 heavy (non-hydrogen) atoms. The molecular weight excluding hydrogens is 430 g/mol. The number of hydrogen-bond acceptors (Lipinski definition) is 6. The number of thioether (sulfide) groups is 1. The molecule has 162 valence electrons. The summed E-state index contributed by atoms with van der Waals surface area (Å²) >= 11 is 2.96. The minimum atomic E-state index is -0.504. The second-order valence-electron chi connectivity index (χ2n) is 7.53. The number of imide groups is 1. The van der Waals surface area contributed by atoms with E-state index in [0.29, 0.717) is 11.6 Å². The molecule has 1 aliphatic rings. The SMILES string of the molecule is CC(Sc1nnc(Cc2cccs2)n1-c1ccccc1)C(=O)NC(=O)NC1CCCC1. The Morgan fingerprint density at radius 2 is 1.94 bits per heavy atom. The van der Waals surface area contributed by atoms with Crippen molar-refractivity contribution in [2.45, 2.75) is 55.5 Å². The number of rotatable bonds is 7. The van der Waals surface area contributed by atoms with Crippen molar-refractivity contribution < 1.29 is 9.59 Å². The molecule has 0 radical (unpaired) electrons. The van der Waals surface area contributed by atoms with E-state index in [1.54, 1.807) is 18.3 Å². The molecule has 0 aliphatic heterocycles. The molecule has 0 saturated heterocycles. The Morgan fingerprint density at radius 3 is 2.65 bits per heavy atom. The maximum Gasteiger partial charge on any atom is 0.321 e. The number of carbonyl (C=O) groups is 2. The zero-order chi connectivity index (χ0) is 21.6. The van der Waals surface area contributed by atoms with Gasteiger partial charge in [-0.1, -0.05) is 48.9 Å². The normalized spacial score (nSPS) is 15.0. The second kappa shape index (κ2) is 10.1. The van der Waals surface area contributed by atoms with Gasteiger partial charge in [-0.15, -0.1) is 21.5 Å². The van der Waals surface area contributed by atoms with Crippen LogP contribution in [0, 0.1) is 0 Å². The van der Waals surface area contributed by atoms with Crippen LogP contribution in [-0.2, 0) is 11.2 Å². The first-order chi connectivity index (χ1) is 15.1. The first kappa shape index (κ1) is 21.6. The summed E-state index contributed by atoms with van der Waals surface area (Å²) < 4.78 is 1.98. The highest BCUT2D eigenvalue weighted by Gasteiger charge is 2.24. The molecule has 1 unspecified atom stereocenters. The number of amides is 3. The van der Waals surface area contributed by atoms with E-state index in [9.17, 15) is 9.59 Å². The van der Waals surface area contributed by atoms with E-state index in [2.05, 4.69) is 26.9 Å². The number of benzene rings is 1. The summed E-state index contributed by atoms with van der Waals surface area (Å²) in [6.07, 6.45) is 4.84. The fraction of sp³-hybridized carbons (Fsp3) is 0.364. The lowest BCUT2D eigenvalue weighted by atomic mass is 10.2. The molecule has 1 aromatic carbocycles. The van der Waals surface area contributed by atoms with Gasteiger partial charge in [-0.05, 0) is 43.3 Å². The third-order valence-electron chi connectivity index (χ3n) is 5.21. The Bertz CT molecular complexity index is 1010. The van der Waals surface area contributed by atoms with Crippen LogP contribution in [-0.4, -0.2) is 38.0 Å². The zero-order valence-electron chi connectivity index (χ0n) is 17.3. The van der Waals surface area contributed by atoms with Gasteiger partial charge in [-0.2, -0.15) is 0 Å². The Labute approximate surface area is 189 Å². The molecule has 7 nitrogen and oxygen atoms in total. The van der Waals surface area contributed by atoms with E-state index in [1.807, 2.05) is 46.3 Å². The molecule has 1 saturated carbocycles. The second-order valence-corrected chi connectivity index (χ2v) is 9.87. The average molecular weight is 456 g/mol. The molecule has 2 N–H and O–H groups in total. The lowest BCUT2D eigenvalue weighted by Crippen LogP contribution is -2.45. The Morgan fingerprint density at radius 1 is 1.16 bits per heavy atom. The Balaban J connectivity index is 1.47. The van der Waals surface area contributed by atoms with Gasteiger partial charge in [0.2, 0.25) is 5.91 Å². The van der Waals surface area contributed by atoms with Gasteiger partial charge in [0.05, 0.1) is 5.25 Å². The van der Waals surface area contributed by atoms with E-state index in [0.717, 1.165) is 37.2 Å². The molecule has 0 spiro atoms. The van der Waals surface area contributed by atoms with Crippen LogP contribution in [0.25, 0.3) is 5.69 Å². The summed E-state index contributed by atoms with van der Waals surface area (Å²) in [7, 11) is 0. The van der Waals surface area contributed by atoms with Crippen LogP contribution in [0.2, 0.25) is 0 Å². The van der Waals surface area contributed by atoms with E-state index < -0.39 is 11.3 Å². The maximum absolute atomic E-state index is 12.6. The van der Waals surface area contributed by atoms with Gasteiger partial charge >= 0.3 is 6.03 Å². The molecule has 3 amide bonds. The number of aromatic nitrogens is 3. The largest absolute Gasteiger partial charge is 0.335 e. The quantitative estimate of drug-likeness (QED) is 0.522. The van der Waals surface area contributed by atoms with Crippen LogP contribution < -0.4 is 10.6 Å². The smallest absolute Gasteiger partial charge is 0.321 e. The third-order valence-corrected chi connectivity index (χ3v) is 7.12. The summed E-state index contributed by atoms with van der Waals surface area (Å²) in [6.45, 7) is 1.77. The molecule has 2 heterocycles. The standard InChI is InChI=1S/C22H25N5O2S2/c1-15(20(28)24-21(29)23-16-8-5-6-9-16)31-22-26-25-19(14-18-12-7-13-30-18)27(22)17-10-3-2-4-11-17/h2-4,7,10-13,15-16H,5-6,8-9,14H2,1H3,(H2,23,24,28,29). The number of urea groups is 1. The van der Waals surface area contributed by atoms with Gasteiger partial charge in [0, 0.05) is 23.0 Å². The summed E-state index contributed by atoms with van der Waals surface area (Å²) in [6, 6.07) is 13.7. The number of nitrogens with one attached hydrogen (secondary N) is 2. The van der Waals surface area contributed by atoms with Crippen LogP contribution in [0.4, 0.5) is 4.79 Å². The van der Waals surface area contributed by atoms with E-state index >= 15 is 0 Å². The van der Waals surface area contributed by atoms with Crippen molar-refractivity contribution >= 4 is 35.0 Å². The number of nitrogens with zero attached hydrogens (tertiary/aromatic N) is 3. The zero-order valence-corrected chi connectivity index (χ0v) is 18.9. The monoisotopic (exact) mass is 455 g/mol. The minimum absolute atomic E-state index is 0.164. The molecular formula is C22H25N5O2S2. The lowest BCUT2D eigenvalue weighted by Gasteiger charge is -2.15. The molecule has 1 aliphatic carbocycles. The van der Waals surface area contributed by atoms with E-state index in [1.165, 1.54) is 16.6 Å². The van der Waals surface area contributed by atoms with Gasteiger partial charge in [-0.25, -0.2) is 4.79 Å². The molecule has 0 bridgehead atoms. The van der Waals surface area contributed by atoms with Crippen LogP contribution in [0.3, 0.4) is 0 Å². The number of carbonyl (C=O) groups excluding carboxylic acids is 2. The molecule has 9 heteroatoms. The van der Waals surface area contributed by atoms with Crippen LogP contribution in [0.15, 0.2) is 53.0 Å². The number of hydrogen-bond donors (Lipinski definition) is 2. The van der Waals surface area contributed by atoms with Gasteiger partial charge in [0.25, 0.3) is 0 Å². The van der Waals surface area contributed by atoms with Gasteiger partial charge < -0.3 is 5.32 Å². The highest BCUT2D eigenvalue weighted by molar-refractivity contribution is 8.00. The lowest BCUT2D eigenvalue weighted by molar-refractivity contribution is -0.119. The summed E-state index contributed by atoms with van der Waals surface area (Å²) in [4.78, 5) is 25.9. The van der Waals surface area contributed by atoms with Crippen molar-refractivity contribution in [3.8, 4) is 5.69 Å². The van der Waals surface area contributed by atoms with Crippen molar-refractivity contribution in [2.75, 3.05) is 0 Å². The Hall–Kier alpha value is -2.65. The fourth-order valence-corrected chi connectivity index (χ4v) is 5.20. The molecule has 4 rings (SSSR count). The fourth-order valence-electron chi connectivity index (χ4n) is 3.61. The van der Waals surface area contributed by atoms with Gasteiger partial charge in [0.15, 0.2) is 5.16 Å². The summed E-state index contributed by atoms with van der Waals surface area (Å²) in [5.41, 5.74) is 0.938. The van der Waals surface area contributed by atoms with Crippen LogP contribution in [0.5, 0.6) is 0 Å². The van der Waals surface area contributed by atoms with Crippen molar-refractivity contribution in [1.29, 1.82) is 0 Å². The number of para-hydroxylation sites is 1. The summed E-state index contributed by atoms with van der Waals surface area (Å²) in [5.74, 6) is 0.464. The van der Waals surface area contributed by atoms with Crippen molar-refractivity contribution in [1.82, 2.24) is 25.4 Å². The average Bonchev–Trinajstić information content (AvgIpc) is 3.52. The molecule has 1 fully saturated rings. The topological polar surface area (TPSA) is 88.9 Å². The van der Waals surface area contributed by atoms with Crippen LogP contribution in [0.1, 0.15) is 43.3 Å². The number of thiophene rings is 1. The molecule has 2 aromatic heterocycles. The highest BCUT2D eigenvalue weighted by atomic mass is 32.2.